The molecule has 0 saturated carbocycles. The number of anilines is 1. The van der Waals surface area contributed by atoms with Crippen LogP contribution in [0.15, 0.2) is 48.5 Å². The molecule has 0 saturated heterocycles. The lowest BCUT2D eigenvalue weighted by Gasteiger charge is -2.08. The number of benzene rings is 2. The smallest absolute Gasteiger partial charge is 0.251 e. The number of halogens is 1. The number of carbonyl (C=O) groups excluding carboxylic acids is 1. The van der Waals surface area contributed by atoms with Gasteiger partial charge in [-0.05, 0) is 29.8 Å². The van der Waals surface area contributed by atoms with Crippen molar-refractivity contribution in [3.8, 4) is 0 Å². The number of hydrogen-bond donors (Lipinski definition) is 2. The second-order valence-electron chi connectivity index (χ2n) is 5.35. The SMILES string of the molecule is CS(=O)(=O)Nc1cccc(C(=O)NCCSCc2ccccc2Cl)c1. The van der Waals surface area contributed by atoms with Crippen LogP contribution >= 0.6 is 23.4 Å². The summed E-state index contributed by atoms with van der Waals surface area (Å²) in [5.41, 5.74) is 1.84. The lowest BCUT2D eigenvalue weighted by Crippen LogP contribution is -2.25. The molecule has 2 aromatic rings. The molecule has 2 aromatic carbocycles. The Kier molecular flexibility index (Phi) is 7.16. The number of thioether (sulfide) groups is 1. The van der Waals surface area contributed by atoms with Gasteiger partial charge in [0.25, 0.3) is 5.91 Å². The summed E-state index contributed by atoms with van der Waals surface area (Å²) in [6.07, 6.45) is 1.07. The summed E-state index contributed by atoms with van der Waals surface area (Å²) < 4.78 is 24.8. The van der Waals surface area contributed by atoms with Gasteiger partial charge < -0.3 is 5.32 Å². The maximum Gasteiger partial charge on any atom is 0.251 e. The van der Waals surface area contributed by atoms with Gasteiger partial charge in [0, 0.05) is 34.3 Å². The van der Waals surface area contributed by atoms with Gasteiger partial charge in [0.05, 0.1) is 6.26 Å². The summed E-state index contributed by atoms with van der Waals surface area (Å²) in [6.45, 7) is 0.512. The van der Waals surface area contributed by atoms with Crippen molar-refractivity contribution in [2.24, 2.45) is 0 Å². The summed E-state index contributed by atoms with van der Waals surface area (Å²) in [6, 6.07) is 14.0. The monoisotopic (exact) mass is 398 g/mol. The van der Waals surface area contributed by atoms with Gasteiger partial charge in [-0.2, -0.15) is 11.8 Å². The van der Waals surface area contributed by atoms with Crippen molar-refractivity contribution in [3.05, 3.63) is 64.7 Å². The molecule has 25 heavy (non-hydrogen) atoms. The Bertz CT molecular complexity index is 841. The lowest BCUT2D eigenvalue weighted by molar-refractivity contribution is 0.0956. The zero-order valence-corrected chi connectivity index (χ0v) is 16.0. The van der Waals surface area contributed by atoms with Gasteiger partial charge >= 0.3 is 0 Å². The minimum Gasteiger partial charge on any atom is -0.351 e. The van der Waals surface area contributed by atoms with Crippen LogP contribution in [-0.2, 0) is 15.8 Å². The molecule has 0 radical (unpaired) electrons. The maximum absolute atomic E-state index is 12.1. The first kappa shape index (κ1) is 19.6. The first-order chi connectivity index (χ1) is 11.8. The van der Waals surface area contributed by atoms with Gasteiger partial charge in [-0.25, -0.2) is 8.42 Å². The highest BCUT2D eigenvalue weighted by atomic mass is 35.5. The van der Waals surface area contributed by atoms with Crippen LogP contribution in [0.3, 0.4) is 0 Å². The Morgan fingerprint density at radius 1 is 1.16 bits per heavy atom. The van der Waals surface area contributed by atoms with Crippen LogP contribution in [0.1, 0.15) is 15.9 Å². The predicted octanol–water partition coefficient (Wildman–Crippen LogP) is 3.37. The molecular weight excluding hydrogens is 380 g/mol. The van der Waals surface area contributed by atoms with Gasteiger partial charge in [-0.15, -0.1) is 0 Å². The fraction of sp³-hybridized carbons (Fsp3) is 0.235. The third-order valence-electron chi connectivity index (χ3n) is 3.18. The van der Waals surface area contributed by atoms with Crippen LogP contribution in [0.5, 0.6) is 0 Å². The van der Waals surface area contributed by atoms with E-state index in [4.69, 9.17) is 11.6 Å². The number of carbonyl (C=O) groups is 1. The molecule has 0 unspecified atom stereocenters. The minimum absolute atomic E-state index is 0.240. The molecule has 0 bridgehead atoms. The van der Waals surface area contributed by atoms with Crippen LogP contribution in [0, 0.1) is 0 Å². The molecule has 5 nitrogen and oxygen atoms in total. The first-order valence-corrected chi connectivity index (χ1v) is 10.9. The maximum atomic E-state index is 12.1. The fourth-order valence-corrected chi connectivity index (χ4v) is 3.77. The van der Waals surface area contributed by atoms with Crippen molar-refractivity contribution in [2.45, 2.75) is 5.75 Å². The molecule has 2 rings (SSSR count). The number of amides is 1. The number of sulfonamides is 1. The molecule has 0 spiro atoms. The van der Waals surface area contributed by atoms with E-state index in [9.17, 15) is 13.2 Å². The van der Waals surface area contributed by atoms with Crippen molar-refractivity contribution in [2.75, 3.05) is 23.3 Å². The van der Waals surface area contributed by atoms with E-state index in [0.717, 1.165) is 28.3 Å². The number of rotatable bonds is 8. The summed E-state index contributed by atoms with van der Waals surface area (Å²) >= 11 is 7.77. The molecule has 0 fully saturated rings. The largest absolute Gasteiger partial charge is 0.351 e. The molecule has 8 heteroatoms. The van der Waals surface area contributed by atoms with Crippen LogP contribution in [-0.4, -0.2) is 32.9 Å². The molecule has 0 atom stereocenters. The van der Waals surface area contributed by atoms with Crippen LogP contribution in [0.4, 0.5) is 5.69 Å². The average molecular weight is 399 g/mol. The number of hydrogen-bond acceptors (Lipinski definition) is 4. The van der Waals surface area contributed by atoms with E-state index in [1.54, 1.807) is 30.0 Å². The molecule has 2 N–H and O–H groups in total. The summed E-state index contributed by atoms with van der Waals surface area (Å²) in [4.78, 5) is 12.1. The highest BCUT2D eigenvalue weighted by molar-refractivity contribution is 7.98. The van der Waals surface area contributed by atoms with Crippen molar-refractivity contribution < 1.29 is 13.2 Å². The molecule has 134 valence electrons. The van der Waals surface area contributed by atoms with Gasteiger partial charge in [-0.3, -0.25) is 9.52 Å². The quantitative estimate of drug-likeness (QED) is 0.668. The third kappa shape index (κ3) is 6.97. The summed E-state index contributed by atoms with van der Waals surface area (Å²) in [5.74, 6) is 1.29. The lowest BCUT2D eigenvalue weighted by atomic mass is 10.2. The molecule has 0 aliphatic heterocycles. The molecular formula is C17H19ClN2O3S2. The van der Waals surface area contributed by atoms with Gasteiger partial charge in [0.1, 0.15) is 0 Å². The van der Waals surface area contributed by atoms with Crippen molar-refractivity contribution in [1.29, 1.82) is 0 Å². The average Bonchev–Trinajstić information content (AvgIpc) is 2.54. The molecule has 1 amide bonds. The molecule has 0 aromatic heterocycles. The molecule has 0 aliphatic carbocycles. The number of nitrogens with one attached hydrogen (secondary N) is 2. The van der Waals surface area contributed by atoms with Gasteiger partial charge in [-0.1, -0.05) is 35.9 Å². The van der Waals surface area contributed by atoms with Gasteiger partial charge in [0.2, 0.25) is 10.0 Å². The van der Waals surface area contributed by atoms with Crippen molar-refractivity contribution in [3.63, 3.8) is 0 Å². The third-order valence-corrected chi connectivity index (χ3v) is 5.16. The van der Waals surface area contributed by atoms with Crippen LogP contribution in [0.2, 0.25) is 5.02 Å². The van der Waals surface area contributed by atoms with Crippen LogP contribution in [0.25, 0.3) is 0 Å². The Hall–Kier alpha value is -1.70. The van der Waals surface area contributed by atoms with Gasteiger partial charge in [0.15, 0.2) is 0 Å². The highest BCUT2D eigenvalue weighted by Gasteiger charge is 2.08. The summed E-state index contributed by atoms with van der Waals surface area (Å²) in [7, 11) is -3.37. The van der Waals surface area contributed by atoms with Crippen molar-refractivity contribution >= 4 is 45.0 Å². The van der Waals surface area contributed by atoms with E-state index < -0.39 is 10.0 Å². The second kappa shape index (κ2) is 9.12. The molecule has 0 aliphatic rings. The van der Waals surface area contributed by atoms with E-state index in [2.05, 4.69) is 10.0 Å². The van der Waals surface area contributed by atoms with E-state index in [0.29, 0.717) is 17.8 Å². The zero-order valence-electron chi connectivity index (χ0n) is 13.7. The minimum atomic E-state index is -3.37. The highest BCUT2D eigenvalue weighted by Crippen LogP contribution is 2.20. The Morgan fingerprint density at radius 2 is 1.92 bits per heavy atom. The Balaban J connectivity index is 1.79. The fourth-order valence-electron chi connectivity index (χ4n) is 2.07. The topological polar surface area (TPSA) is 75.3 Å². The van der Waals surface area contributed by atoms with E-state index in [1.807, 2.05) is 24.3 Å². The predicted molar refractivity (Wildman–Crippen MR) is 105 cm³/mol. The second-order valence-corrected chi connectivity index (χ2v) is 8.62. The zero-order chi connectivity index (χ0) is 18.3. The van der Waals surface area contributed by atoms with Crippen molar-refractivity contribution in [1.82, 2.24) is 5.32 Å². The molecule has 0 heterocycles. The van der Waals surface area contributed by atoms with E-state index in [-0.39, 0.29) is 5.91 Å². The Morgan fingerprint density at radius 3 is 2.64 bits per heavy atom. The first-order valence-electron chi connectivity index (χ1n) is 7.52. The van der Waals surface area contributed by atoms with E-state index in [1.165, 1.54) is 6.07 Å². The standard InChI is InChI=1S/C17H19ClN2O3S2/c1-25(22,23)20-15-7-4-6-13(11-15)17(21)19-9-10-24-12-14-5-2-3-8-16(14)18/h2-8,11,20H,9-10,12H2,1H3,(H,19,21). The van der Waals surface area contributed by atoms with Crippen LogP contribution < -0.4 is 10.0 Å². The van der Waals surface area contributed by atoms with E-state index >= 15 is 0 Å². The summed E-state index contributed by atoms with van der Waals surface area (Å²) in [5, 5.41) is 3.56. The Labute approximate surface area is 157 Å². The normalized spacial score (nSPS) is 11.1.